The molecule has 0 aliphatic heterocycles. The van der Waals surface area contributed by atoms with Crippen molar-refractivity contribution in [3.8, 4) is 11.3 Å². The highest BCUT2D eigenvalue weighted by molar-refractivity contribution is 14.1. The van der Waals surface area contributed by atoms with Crippen molar-refractivity contribution in [3.05, 3.63) is 89.5 Å². The Morgan fingerprint density at radius 2 is 1.09 bits per heavy atom. The molecule has 0 aliphatic rings. The molecule has 0 amide bonds. The minimum atomic E-state index is -0.622. The molecule has 4 rings (SSSR count). The van der Waals surface area contributed by atoms with Gasteiger partial charge in [0.2, 0.25) is 11.5 Å². The van der Waals surface area contributed by atoms with Crippen LogP contribution >= 0.6 is 92.5 Å². The third-order valence-corrected chi connectivity index (χ3v) is 10.7. The van der Waals surface area contributed by atoms with Crippen molar-refractivity contribution in [2.45, 2.75) is 69.5 Å². The normalized spacial score (nSPS) is 11.0. The summed E-state index contributed by atoms with van der Waals surface area (Å²) in [4.78, 5) is 47.0. The van der Waals surface area contributed by atoms with Crippen molar-refractivity contribution >= 4 is 116 Å². The molecule has 2 aromatic heterocycles. The molecule has 0 bridgehead atoms. The van der Waals surface area contributed by atoms with Gasteiger partial charge in [0.05, 0.1) is 45.8 Å². The largest absolute Gasteiger partial charge is 0.468 e. The summed E-state index contributed by atoms with van der Waals surface area (Å²) < 4.78 is 31.1. The molecule has 0 spiro atoms. The number of hydrogen-bond acceptors (Lipinski definition) is 12. The predicted molar refractivity (Wildman–Crippen MR) is 223 cm³/mol. The van der Waals surface area contributed by atoms with Crippen molar-refractivity contribution in [1.29, 1.82) is 0 Å². The van der Waals surface area contributed by atoms with Gasteiger partial charge in [-0.25, -0.2) is 9.59 Å². The summed E-state index contributed by atoms with van der Waals surface area (Å²) in [5.74, 6) is 0.159. The van der Waals surface area contributed by atoms with Gasteiger partial charge >= 0.3 is 23.9 Å². The molecule has 0 saturated heterocycles. The molecule has 10 nitrogen and oxygen atoms in total. The zero-order chi connectivity index (χ0) is 41.0. The number of rotatable bonds is 9. The van der Waals surface area contributed by atoms with E-state index in [9.17, 15) is 19.2 Å². The van der Waals surface area contributed by atoms with Gasteiger partial charge in [0.1, 0.15) is 22.7 Å². The second kappa shape index (κ2) is 21.7. The van der Waals surface area contributed by atoms with Crippen LogP contribution in [-0.4, -0.2) is 60.8 Å². The van der Waals surface area contributed by atoms with Gasteiger partial charge in [-0.3, -0.25) is 9.59 Å². The lowest BCUT2D eigenvalue weighted by Gasteiger charge is -2.18. The molecule has 0 atom stereocenters. The molecule has 2 heterocycles. The fourth-order valence-electron chi connectivity index (χ4n) is 3.63. The zero-order valence-electron chi connectivity index (χ0n) is 30.8. The number of aryl methyl sites for hydroxylation is 1. The molecule has 17 heteroatoms. The third kappa shape index (κ3) is 16.7. The van der Waals surface area contributed by atoms with E-state index in [4.69, 9.17) is 64.7 Å². The van der Waals surface area contributed by atoms with Crippen LogP contribution in [0.2, 0.25) is 20.1 Å². The highest BCUT2D eigenvalue weighted by Crippen LogP contribution is 2.38. The van der Waals surface area contributed by atoms with Crippen LogP contribution in [0, 0.1) is 10.5 Å². The van der Waals surface area contributed by atoms with Crippen molar-refractivity contribution < 1.29 is 47.0 Å². The first-order valence-electron chi connectivity index (χ1n) is 15.7. The summed E-state index contributed by atoms with van der Waals surface area (Å²) in [6, 6.07) is 13.3. The lowest BCUT2D eigenvalue weighted by molar-refractivity contribution is -0.138. The van der Waals surface area contributed by atoms with Gasteiger partial charge in [-0.2, -0.15) is 0 Å². The zero-order valence-corrected chi connectivity index (χ0v) is 37.6. The topological polar surface area (TPSA) is 131 Å². The van der Waals surface area contributed by atoms with Gasteiger partial charge in [-0.1, -0.05) is 46.4 Å². The molecular weight excluding hydrogens is 937 g/mol. The maximum atomic E-state index is 12.1. The second-order valence-corrected chi connectivity index (χ2v) is 17.6. The number of furan rings is 2. The molecule has 0 fully saturated rings. The summed E-state index contributed by atoms with van der Waals surface area (Å²) in [5.41, 5.74) is -0.560. The molecule has 0 radical (unpaired) electrons. The molecule has 4 aromatic rings. The number of carbonyl (C=O) groups is 4. The summed E-state index contributed by atoms with van der Waals surface area (Å²) in [5, 5.41) is 2.02. The summed E-state index contributed by atoms with van der Waals surface area (Å²) in [6.07, 6.45) is 0. The summed E-state index contributed by atoms with van der Waals surface area (Å²) in [7, 11) is 2.67. The van der Waals surface area contributed by atoms with Crippen LogP contribution in [0.5, 0.6) is 0 Å². The van der Waals surface area contributed by atoms with E-state index in [1.807, 2.05) is 20.8 Å². The monoisotopic (exact) mass is 974 g/mol. The Bertz CT molecular complexity index is 1930. The molecule has 0 unspecified atom stereocenters. The Kier molecular flexibility index (Phi) is 19.1. The van der Waals surface area contributed by atoms with Crippen LogP contribution in [-0.2, 0) is 28.5 Å². The molecule has 2 aromatic carbocycles. The van der Waals surface area contributed by atoms with Gasteiger partial charge in [0, 0.05) is 18.9 Å². The summed E-state index contributed by atoms with van der Waals surface area (Å²) >= 11 is 29.1. The minimum absolute atomic E-state index is 0.0752. The minimum Gasteiger partial charge on any atom is -0.468 e. The van der Waals surface area contributed by atoms with Crippen molar-refractivity contribution in [3.63, 3.8) is 0 Å². The number of halogens is 5. The van der Waals surface area contributed by atoms with Crippen LogP contribution in [0.25, 0.3) is 11.3 Å². The molecule has 0 aliphatic carbocycles. The van der Waals surface area contributed by atoms with Crippen LogP contribution < -0.4 is 0 Å². The van der Waals surface area contributed by atoms with E-state index in [2.05, 4.69) is 32.1 Å². The fourth-order valence-corrected chi connectivity index (χ4v) is 7.06. The highest BCUT2D eigenvalue weighted by Gasteiger charge is 2.23. The van der Waals surface area contributed by atoms with E-state index in [1.54, 1.807) is 70.2 Å². The highest BCUT2D eigenvalue weighted by atomic mass is 127. The predicted octanol–water partition coefficient (Wildman–Crippen LogP) is 11.9. The number of benzene rings is 2. The van der Waals surface area contributed by atoms with Crippen LogP contribution in [0.15, 0.2) is 67.2 Å². The number of ether oxygens (including phenoxy) is 4. The van der Waals surface area contributed by atoms with Gasteiger partial charge < -0.3 is 27.8 Å². The first kappa shape index (κ1) is 47.6. The van der Waals surface area contributed by atoms with E-state index < -0.39 is 23.1 Å². The second-order valence-electron chi connectivity index (χ2n) is 12.8. The van der Waals surface area contributed by atoms with Crippen molar-refractivity contribution in [1.82, 2.24) is 0 Å². The Balaban J connectivity index is 0.000000305. The first-order valence-corrected chi connectivity index (χ1v) is 20.3. The number of hydrogen-bond donors (Lipinski definition) is 0. The van der Waals surface area contributed by atoms with Crippen LogP contribution in [0.3, 0.4) is 0 Å². The number of methoxy groups -OCH3 is 2. The van der Waals surface area contributed by atoms with Gasteiger partial charge in [0.25, 0.3) is 0 Å². The van der Waals surface area contributed by atoms with Gasteiger partial charge in [0.15, 0.2) is 0 Å². The average molecular weight is 977 g/mol. The third-order valence-electron chi connectivity index (χ3n) is 5.95. The average Bonchev–Trinajstić information content (AvgIpc) is 3.75. The van der Waals surface area contributed by atoms with E-state index >= 15 is 0 Å². The Labute approximate surface area is 356 Å². The fraction of sp³-hybridized carbons (Fsp3) is 0.351. The number of thioether (sulfide) groups is 2. The van der Waals surface area contributed by atoms with E-state index in [0.29, 0.717) is 42.1 Å². The molecule has 0 saturated carbocycles. The maximum Gasteiger partial charge on any atom is 0.374 e. The maximum absolute atomic E-state index is 12.1. The van der Waals surface area contributed by atoms with E-state index in [-0.39, 0.29) is 35.0 Å². The Hall–Kier alpha value is -2.53. The van der Waals surface area contributed by atoms with E-state index in [1.165, 1.54) is 43.8 Å². The Morgan fingerprint density at radius 1 is 0.648 bits per heavy atom. The van der Waals surface area contributed by atoms with Gasteiger partial charge in [-0.05, 0) is 120 Å². The number of carbonyl (C=O) groups excluding carboxylic acids is 4. The Morgan fingerprint density at radius 3 is 1.54 bits per heavy atom. The summed E-state index contributed by atoms with van der Waals surface area (Å²) in [6.45, 7) is 12.6. The molecular formula is C37H39Cl4IO10S2. The quantitative estimate of drug-likeness (QED) is 0.0520. The number of esters is 4. The lowest BCUT2D eigenvalue weighted by Crippen LogP contribution is -2.23. The van der Waals surface area contributed by atoms with E-state index in [0.717, 1.165) is 8.47 Å². The van der Waals surface area contributed by atoms with Crippen molar-refractivity contribution in [2.75, 3.05) is 25.7 Å². The van der Waals surface area contributed by atoms with Crippen LogP contribution in [0.4, 0.5) is 0 Å². The van der Waals surface area contributed by atoms with Gasteiger partial charge in [-0.15, -0.1) is 23.5 Å². The molecule has 294 valence electrons. The molecule has 54 heavy (non-hydrogen) atoms. The molecule has 0 N–H and O–H groups in total. The van der Waals surface area contributed by atoms with Crippen LogP contribution in [0.1, 0.15) is 68.4 Å². The standard InChI is InChI=1S/C18H18Cl2O5S.C10H14O3.C9H7Cl2IO2S/c1-18(2,3)25-17(22)14-6-5-13(24-14)10-7-12(20)15(8-11(10)19)26-9-16(21)23-4;1-7-5-6-8(12-7)9(11)13-10(2,3)4;1-14-9(13)4-15-8-3-5(10)7(12)2-6(8)11/h5-8H,9H2,1-4H3;5-6H,1-4H3;2-3H,4H2,1H3. The lowest BCUT2D eigenvalue weighted by atomic mass is 10.2. The first-order chi connectivity index (χ1) is 25.0. The smallest absolute Gasteiger partial charge is 0.374 e. The van der Waals surface area contributed by atoms with Crippen molar-refractivity contribution in [2.24, 2.45) is 0 Å². The SMILES string of the molecule is COC(=O)CSc1cc(Cl)c(-c2ccc(C(=O)OC(C)(C)C)o2)cc1Cl.COC(=O)CSc1cc(Cl)c(I)cc1Cl.Cc1ccc(C(=O)OC(C)(C)C)o1.